The van der Waals surface area contributed by atoms with E-state index in [9.17, 15) is 4.79 Å². The van der Waals surface area contributed by atoms with Crippen LogP contribution >= 0.6 is 0 Å². The number of amides is 1. The SMILES string of the molecule is N#Cc1ccc(N2[C@@H]3CC[C@H]2CC(Nc2c(C(N)=O)cnc4c2CCN4)C3)nc1. The number of nitriles is 1. The van der Waals surface area contributed by atoms with E-state index in [1.54, 1.807) is 12.4 Å². The average Bonchev–Trinajstić information content (AvgIpc) is 3.31. The van der Waals surface area contributed by atoms with Gasteiger partial charge in [0.05, 0.1) is 16.8 Å². The number of carbonyl (C=O) groups is 1. The summed E-state index contributed by atoms with van der Waals surface area (Å²) in [5, 5.41) is 15.9. The van der Waals surface area contributed by atoms with Crippen LogP contribution < -0.4 is 21.3 Å². The third kappa shape index (κ3) is 3.03. The molecule has 0 aliphatic carbocycles. The van der Waals surface area contributed by atoms with Crippen molar-refractivity contribution in [2.75, 3.05) is 22.1 Å². The summed E-state index contributed by atoms with van der Waals surface area (Å²) in [7, 11) is 0. The van der Waals surface area contributed by atoms with Crippen molar-refractivity contribution in [3.05, 3.63) is 41.2 Å². The van der Waals surface area contributed by atoms with E-state index in [0.29, 0.717) is 23.2 Å². The molecule has 5 rings (SSSR count). The summed E-state index contributed by atoms with van der Waals surface area (Å²) >= 11 is 0. The zero-order valence-electron chi connectivity index (χ0n) is 16.1. The molecule has 3 aliphatic heterocycles. The van der Waals surface area contributed by atoms with Crippen molar-refractivity contribution in [3.8, 4) is 6.07 Å². The van der Waals surface area contributed by atoms with Gasteiger partial charge in [0.25, 0.3) is 5.91 Å². The van der Waals surface area contributed by atoms with Gasteiger partial charge in [-0.25, -0.2) is 9.97 Å². The van der Waals surface area contributed by atoms with Crippen LogP contribution in [0.1, 0.15) is 47.2 Å². The number of piperidine rings is 1. The summed E-state index contributed by atoms with van der Waals surface area (Å²) in [6.45, 7) is 0.827. The molecule has 0 radical (unpaired) electrons. The Labute approximate surface area is 169 Å². The number of carbonyl (C=O) groups excluding carboxylic acids is 1. The van der Waals surface area contributed by atoms with Gasteiger partial charge in [-0.1, -0.05) is 0 Å². The molecule has 1 unspecified atom stereocenters. The van der Waals surface area contributed by atoms with Gasteiger partial charge in [-0.05, 0) is 44.2 Å². The second-order valence-electron chi connectivity index (χ2n) is 8.04. The minimum atomic E-state index is -0.447. The zero-order valence-corrected chi connectivity index (χ0v) is 16.1. The highest BCUT2D eigenvalue weighted by Gasteiger charge is 2.41. The minimum Gasteiger partial charge on any atom is -0.381 e. The largest absolute Gasteiger partial charge is 0.381 e. The smallest absolute Gasteiger partial charge is 0.252 e. The van der Waals surface area contributed by atoms with Crippen LogP contribution in [0.5, 0.6) is 0 Å². The quantitative estimate of drug-likeness (QED) is 0.732. The van der Waals surface area contributed by atoms with Crippen LogP contribution in [-0.2, 0) is 6.42 Å². The Hall–Kier alpha value is -3.34. The second-order valence-corrected chi connectivity index (χ2v) is 8.04. The predicted octanol–water partition coefficient (Wildman–Crippen LogP) is 2.03. The molecule has 2 aromatic rings. The van der Waals surface area contributed by atoms with Gasteiger partial charge in [0.2, 0.25) is 0 Å². The predicted molar refractivity (Wildman–Crippen MR) is 110 cm³/mol. The first-order valence-corrected chi connectivity index (χ1v) is 10.1. The number of aromatic nitrogens is 2. The molecule has 29 heavy (non-hydrogen) atoms. The first-order valence-electron chi connectivity index (χ1n) is 10.1. The first-order chi connectivity index (χ1) is 14.1. The highest BCUT2D eigenvalue weighted by atomic mass is 16.1. The molecule has 0 spiro atoms. The maximum Gasteiger partial charge on any atom is 0.252 e. The Morgan fingerprint density at radius 1 is 1.24 bits per heavy atom. The van der Waals surface area contributed by atoms with Gasteiger partial charge in [-0.3, -0.25) is 4.79 Å². The number of hydrogen-bond donors (Lipinski definition) is 3. The normalized spacial score (nSPS) is 24.5. The van der Waals surface area contributed by atoms with E-state index >= 15 is 0 Å². The van der Waals surface area contributed by atoms with Crippen molar-refractivity contribution < 1.29 is 4.79 Å². The molecule has 0 aromatic carbocycles. The van der Waals surface area contributed by atoms with E-state index in [4.69, 9.17) is 11.0 Å². The number of anilines is 3. The number of nitrogens with zero attached hydrogens (tertiary/aromatic N) is 4. The number of rotatable bonds is 4. The molecule has 1 amide bonds. The van der Waals surface area contributed by atoms with E-state index in [1.165, 1.54) is 0 Å². The van der Waals surface area contributed by atoms with Crippen molar-refractivity contribution in [3.63, 3.8) is 0 Å². The number of primary amides is 1. The van der Waals surface area contributed by atoms with Gasteiger partial charge in [0.15, 0.2) is 0 Å². The van der Waals surface area contributed by atoms with Gasteiger partial charge in [0, 0.05) is 42.6 Å². The maximum absolute atomic E-state index is 12.0. The lowest BCUT2D eigenvalue weighted by atomic mass is 9.95. The lowest BCUT2D eigenvalue weighted by Crippen LogP contribution is -2.47. The number of hydrogen-bond acceptors (Lipinski definition) is 7. The van der Waals surface area contributed by atoms with Gasteiger partial charge in [0.1, 0.15) is 17.7 Å². The number of nitrogens with two attached hydrogens (primary N) is 1. The Kier molecular flexibility index (Phi) is 4.23. The topological polar surface area (TPSA) is 120 Å². The van der Waals surface area contributed by atoms with Gasteiger partial charge in [-0.2, -0.15) is 5.26 Å². The second kappa shape index (κ2) is 6.92. The Bertz CT molecular complexity index is 983. The third-order valence-corrected chi connectivity index (χ3v) is 6.34. The molecule has 5 heterocycles. The Balaban J connectivity index is 1.38. The molecular formula is C21H23N7O. The fourth-order valence-corrected chi connectivity index (χ4v) is 5.08. The first kappa shape index (κ1) is 17.7. The van der Waals surface area contributed by atoms with Crippen molar-refractivity contribution in [1.29, 1.82) is 5.26 Å². The molecule has 2 bridgehead atoms. The fourth-order valence-electron chi connectivity index (χ4n) is 5.08. The highest BCUT2D eigenvalue weighted by Crippen LogP contribution is 2.40. The summed E-state index contributed by atoms with van der Waals surface area (Å²) in [5.41, 5.74) is 8.58. The third-order valence-electron chi connectivity index (χ3n) is 6.34. The Morgan fingerprint density at radius 3 is 2.69 bits per heavy atom. The van der Waals surface area contributed by atoms with Crippen LogP contribution in [-0.4, -0.2) is 40.5 Å². The maximum atomic E-state index is 12.0. The summed E-state index contributed by atoms with van der Waals surface area (Å²) in [5.74, 6) is 1.35. The summed E-state index contributed by atoms with van der Waals surface area (Å²) < 4.78 is 0. The number of pyridine rings is 2. The number of nitrogens with one attached hydrogen (secondary N) is 2. The fraction of sp³-hybridized carbons (Fsp3) is 0.429. The van der Waals surface area contributed by atoms with Gasteiger partial charge in [-0.15, -0.1) is 0 Å². The molecular weight excluding hydrogens is 366 g/mol. The zero-order chi connectivity index (χ0) is 20.0. The summed E-state index contributed by atoms with van der Waals surface area (Å²) in [4.78, 5) is 23.2. The molecule has 2 aromatic heterocycles. The van der Waals surface area contributed by atoms with Gasteiger partial charge < -0.3 is 21.3 Å². The van der Waals surface area contributed by atoms with Gasteiger partial charge >= 0.3 is 0 Å². The monoisotopic (exact) mass is 389 g/mol. The lowest BCUT2D eigenvalue weighted by Gasteiger charge is -2.40. The van der Waals surface area contributed by atoms with Crippen LogP contribution in [0.25, 0.3) is 0 Å². The van der Waals surface area contributed by atoms with Crippen LogP contribution in [0.4, 0.5) is 17.3 Å². The number of fused-ring (bicyclic) bond motifs is 3. The Morgan fingerprint density at radius 2 is 2.03 bits per heavy atom. The van der Waals surface area contributed by atoms with Crippen LogP contribution in [0, 0.1) is 11.3 Å². The van der Waals surface area contributed by atoms with E-state index < -0.39 is 5.91 Å². The van der Waals surface area contributed by atoms with Crippen molar-refractivity contribution >= 4 is 23.2 Å². The lowest BCUT2D eigenvalue weighted by molar-refractivity contribution is 0.100. The highest BCUT2D eigenvalue weighted by molar-refractivity contribution is 6.00. The van der Waals surface area contributed by atoms with Crippen molar-refractivity contribution in [1.82, 2.24) is 9.97 Å². The summed E-state index contributed by atoms with van der Waals surface area (Å²) in [6, 6.07) is 6.98. The van der Waals surface area contributed by atoms with Crippen molar-refractivity contribution in [2.45, 2.75) is 50.2 Å². The average molecular weight is 389 g/mol. The molecule has 2 fully saturated rings. The molecule has 8 heteroatoms. The molecule has 0 saturated carbocycles. The van der Waals surface area contributed by atoms with Crippen molar-refractivity contribution in [2.24, 2.45) is 5.73 Å². The van der Waals surface area contributed by atoms with Crippen LogP contribution in [0.2, 0.25) is 0 Å². The van der Waals surface area contributed by atoms with E-state index in [1.807, 2.05) is 12.1 Å². The molecule has 148 valence electrons. The van der Waals surface area contributed by atoms with Crippen LogP contribution in [0.3, 0.4) is 0 Å². The molecule has 3 aliphatic rings. The molecule has 8 nitrogen and oxygen atoms in total. The molecule has 4 N–H and O–H groups in total. The van der Waals surface area contributed by atoms with E-state index in [-0.39, 0.29) is 6.04 Å². The summed E-state index contributed by atoms with van der Waals surface area (Å²) in [6.07, 6.45) is 8.26. The standard InChI is InChI=1S/C21H23N7O/c22-9-12-1-4-18(25-10-12)28-14-2-3-15(28)8-13(7-14)27-19-16-5-6-24-21(16)26-11-17(19)20(23)29/h1,4,10-11,13-15H,2-3,5-8H2,(H2,23,29)(H2,24,26,27)/t13?,14-,15+. The molecule has 2 saturated heterocycles. The van der Waals surface area contributed by atoms with E-state index in [0.717, 1.165) is 61.5 Å². The van der Waals surface area contributed by atoms with Crippen LogP contribution in [0.15, 0.2) is 24.5 Å². The molecule has 3 atom stereocenters. The minimum absolute atomic E-state index is 0.271. The van der Waals surface area contributed by atoms with E-state index in [2.05, 4.69) is 31.6 Å².